The maximum Gasteiger partial charge on any atom is 0.129 e. The van der Waals surface area contributed by atoms with E-state index in [2.05, 4.69) is 18.3 Å². The van der Waals surface area contributed by atoms with Crippen molar-refractivity contribution in [3.63, 3.8) is 0 Å². The topological polar surface area (TPSA) is 34.4 Å². The third-order valence-corrected chi connectivity index (χ3v) is 4.10. The van der Waals surface area contributed by atoms with Gasteiger partial charge in [0.1, 0.15) is 18.1 Å². The van der Waals surface area contributed by atoms with Crippen LogP contribution in [0.3, 0.4) is 0 Å². The van der Waals surface area contributed by atoms with Gasteiger partial charge in [0.05, 0.1) is 6.04 Å². The molecule has 1 N–H and O–H groups in total. The Morgan fingerprint density at radius 1 is 1.37 bits per heavy atom. The van der Waals surface area contributed by atoms with E-state index in [4.69, 9.17) is 9.15 Å². The summed E-state index contributed by atoms with van der Waals surface area (Å²) in [6.07, 6.45) is 8.19. The summed E-state index contributed by atoms with van der Waals surface area (Å²) in [5.74, 6) is 2.92. The van der Waals surface area contributed by atoms with Crippen LogP contribution in [-0.2, 0) is 11.3 Å². The molecule has 3 nitrogen and oxygen atoms in total. The van der Waals surface area contributed by atoms with Crippen LogP contribution in [0.25, 0.3) is 0 Å². The zero-order chi connectivity index (χ0) is 13.5. The summed E-state index contributed by atoms with van der Waals surface area (Å²) >= 11 is 0. The van der Waals surface area contributed by atoms with Gasteiger partial charge < -0.3 is 14.5 Å². The lowest BCUT2D eigenvalue weighted by molar-refractivity contribution is 0.161. The fraction of sp³-hybridized carbons (Fsp3) is 0.750. The highest BCUT2D eigenvalue weighted by Crippen LogP contribution is 2.31. The normalized spacial score (nSPS) is 18.0. The molecule has 0 aromatic carbocycles. The fourth-order valence-electron chi connectivity index (χ4n) is 3.09. The van der Waals surface area contributed by atoms with Crippen LogP contribution in [0.1, 0.15) is 63.0 Å². The molecular formula is C16H27NO2. The Morgan fingerprint density at radius 3 is 2.84 bits per heavy atom. The van der Waals surface area contributed by atoms with Crippen LogP contribution in [-0.4, -0.2) is 13.7 Å². The second-order valence-corrected chi connectivity index (χ2v) is 5.58. The first-order chi connectivity index (χ1) is 9.33. The maximum absolute atomic E-state index is 5.87. The third-order valence-electron chi connectivity index (χ3n) is 4.10. The van der Waals surface area contributed by atoms with Gasteiger partial charge in [-0.05, 0) is 37.4 Å². The van der Waals surface area contributed by atoms with Crippen molar-refractivity contribution >= 4 is 0 Å². The average molecular weight is 265 g/mol. The summed E-state index contributed by atoms with van der Waals surface area (Å²) in [6, 6.07) is 4.48. The number of hydrogen-bond acceptors (Lipinski definition) is 3. The van der Waals surface area contributed by atoms with Crippen molar-refractivity contribution in [2.45, 2.75) is 58.1 Å². The van der Waals surface area contributed by atoms with Crippen LogP contribution in [0.4, 0.5) is 0 Å². The van der Waals surface area contributed by atoms with Gasteiger partial charge in [0, 0.05) is 7.11 Å². The monoisotopic (exact) mass is 265 g/mol. The minimum Gasteiger partial charge on any atom is -0.462 e. The lowest BCUT2D eigenvalue weighted by Gasteiger charge is -2.17. The van der Waals surface area contributed by atoms with E-state index in [1.165, 1.54) is 38.5 Å². The second kappa shape index (κ2) is 7.71. The molecule has 1 atom stereocenters. The van der Waals surface area contributed by atoms with Gasteiger partial charge >= 0.3 is 0 Å². The fourth-order valence-corrected chi connectivity index (χ4v) is 3.09. The van der Waals surface area contributed by atoms with E-state index >= 15 is 0 Å². The summed E-state index contributed by atoms with van der Waals surface area (Å²) in [6.45, 7) is 3.69. The predicted molar refractivity (Wildman–Crippen MR) is 77.0 cm³/mol. The number of hydrogen-bond donors (Lipinski definition) is 1. The number of nitrogens with one attached hydrogen (secondary N) is 1. The molecule has 1 aliphatic carbocycles. The van der Waals surface area contributed by atoms with Crippen LogP contribution in [0, 0.1) is 5.92 Å². The molecule has 2 rings (SSSR count). The van der Waals surface area contributed by atoms with Crippen molar-refractivity contribution in [3.05, 3.63) is 23.7 Å². The third kappa shape index (κ3) is 4.36. The van der Waals surface area contributed by atoms with Crippen molar-refractivity contribution in [1.82, 2.24) is 5.32 Å². The molecule has 0 saturated heterocycles. The molecule has 1 unspecified atom stereocenters. The Kier molecular flexibility index (Phi) is 5.93. The summed E-state index contributed by atoms with van der Waals surface area (Å²) in [7, 11) is 1.70. The van der Waals surface area contributed by atoms with Gasteiger partial charge in [0.2, 0.25) is 0 Å². The average Bonchev–Trinajstić information content (AvgIpc) is 3.06. The predicted octanol–water partition coefficient (Wildman–Crippen LogP) is 4.05. The molecule has 1 fully saturated rings. The van der Waals surface area contributed by atoms with Gasteiger partial charge in [-0.25, -0.2) is 0 Å². The summed E-state index contributed by atoms with van der Waals surface area (Å²) in [5, 5.41) is 3.54. The van der Waals surface area contributed by atoms with Crippen LogP contribution in [0.5, 0.6) is 0 Å². The van der Waals surface area contributed by atoms with Gasteiger partial charge in [0.25, 0.3) is 0 Å². The molecule has 0 amide bonds. The molecule has 3 heteroatoms. The van der Waals surface area contributed by atoms with E-state index in [9.17, 15) is 0 Å². The molecule has 0 radical (unpaired) electrons. The largest absolute Gasteiger partial charge is 0.462 e. The van der Waals surface area contributed by atoms with Crippen LogP contribution in [0.2, 0.25) is 0 Å². The van der Waals surface area contributed by atoms with E-state index in [1.54, 1.807) is 7.11 Å². The molecule has 0 bridgehead atoms. The van der Waals surface area contributed by atoms with Crippen LogP contribution in [0.15, 0.2) is 16.5 Å². The molecule has 19 heavy (non-hydrogen) atoms. The molecule has 1 aliphatic rings. The van der Waals surface area contributed by atoms with E-state index < -0.39 is 0 Å². The zero-order valence-corrected chi connectivity index (χ0v) is 12.3. The van der Waals surface area contributed by atoms with Gasteiger partial charge in [-0.15, -0.1) is 0 Å². The van der Waals surface area contributed by atoms with E-state index in [0.29, 0.717) is 12.6 Å². The first-order valence-electron chi connectivity index (χ1n) is 7.64. The van der Waals surface area contributed by atoms with Crippen molar-refractivity contribution in [1.29, 1.82) is 0 Å². The molecular weight excluding hydrogens is 238 g/mol. The molecule has 1 saturated carbocycles. The van der Waals surface area contributed by atoms with Crippen LogP contribution < -0.4 is 5.32 Å². The number of methoxy groups -OCH3 is 1. The van der Waals surface area contributed by atoms with Gasteiger partial charge in [-0.3, -0.25) is 0 Å². The van der Waals surface area contributed by atoms with E-state index in [1.807, 2.05) is 6.07 Å². The standard InChI is InChI=1S/C16H27NO2/c1-3-17-15(10-8-13-6-4-5-7-13)16-11-9-14(19-16)12-18-2/h9,11,13,15,17H,3-8,10,12H2,1-2H3. The van der Waals surface area contributed by atoms with E-state index in [-0.39, 0.29) is 0 Å². The molecule has 0 aliphatic heterocycles. The number of ether oxygens (including phenoxy) is 1. The quantitative estimate of drug-likeness (QED) is 0.770. The highest BCUT2D eigenvalue weighted by atomic mass is 16.5. The van der Waals surface area contributed by atoms with Crippen molar-refractivity contribution in [3.8, 4) is 0 Å². The molecule has 108 valence electrons. The van der Waals surface area contributed by atoms with Gasteiger partial charge in [-0.1, -0.05) is 32.6 Å². The summed E-state index contributed by atoms with van der Waals surface area (Å²) in [4.78, 5) is 0. The highest BCUT2D eigenvalue weighted by molar-refractivity contribution is 5.10. The minimum atomic E-state index is 0.358. The summed E-state index contributed by atoms with van der Waals surface area (Å²) < 4.78 is 11.0. The number of furan rings is 1. The molecule has 1 aromatic heterocycles. The lowest BCUT2D eigenvalue weighted by atomic mass is 9.97. The Bertz CT molecular complexity index is 355. The van der Waals surface area contributed by atoms with Gasteiger partial charge in [-0.2, -0.15) is 0 Å². The minimum absolute atomic E-state index is 0.358. The van der Waals surface area contributed by atoms with E-state index in [0.717, 1.165) is 24.0 Å². The Balaban J connectivity index is 1.89. The Morgan fingerprint density at radius 2 is 2.16 bits per heavy atom. The highest BCUT2D eigenvalue weighted by Gasteiger charge is 2.19. The van der Waals surface area contributed by atoms with Crippen molar-refractivity contribution in [2.75, 3.05) is 13.7 Å². The molecule has 1 aromatic rings. The molecule has 0 spiro atoms. The smallest absolute Gasteiger partial charge is 0.129 e. The number of rotatable bonds is 8. The zero-order valence-electron chi connectivity index (χ0n) is 12.3. The first kappa shape index (κ1) is 14.6. The second-order valence-electron chi connectivity index (χ2n) is 5.58. The Labute approximate surface area is 116 Å². The van der Waals surface area contributed by atoms with Gasteiger partial charge in [0.15, 0.2) is 0 Å². The Hall–Kier alpha value is -0.800. The maximum atomic E-state index is 5.87. The SMILES string of the molecule is CCNC(CCC1CCCC1)c1ccc(COC)o1. The van der Waals surface area contributed by atoms with Crippen LogP contribution >= 0.6 is 0 Å². The molecule has 1 heterocycles. The lowest BCUT2D eigenvalue weighted by Crippen LogP contribution is -2.21. The summed E-state index contributed by atoms with van der Waals surface area (Å²) in [5.41, 5.74) is 0. The van der Waals surface area contributed by atoms with Crippen molar-refractivity contribution < 1.29 is 9.15 Å². The van der Waals surface area contributed by atoms with Crippen molar-refractivity contribution in [2.24, 2.45) is 5.92 Å². The first-order valence-corrected chi connectivity index (χ1v) is 7.64.